The van der Waals surface area contributed by atoms with Crippen molar-refractivity contribution in [2.24, 2.45) is 0 Å². The molecule has 2 N–H and O–H groups in total. The predicted molar refractivity (Wildman–Crippen MR) is 176 cm³/mol. The van der Waals surface area contributed by atoms with Crippen molar-refractivity contribution in [3.8, 4) is 23.0 Å². The first-order valence-electron chi connectivity index (χ1n) is 15.2. The molecule has 1 amide bonds. The number of fused-ring (bicyclic) bond motifs is 1. The number of nitrogens with one attached hydrogen (secondary N) is 2. The van der Waals surface area contributed by atoms with Crippen LogP contribution in [-0.2, 0) is 20.8 Å². The van der Waals surface area contributed by atoms with Crippen molar-refractivity contribution < 1.29 is 37.3 Å². The van der Waals surface area contributed by atoms with E-state index in [4.69, 9.17) is 18.9 Å². The van der Waals surface area contributed by atoms with Gasteiger partial charge in [-0.2, -0.15) is 5.10 Å². The van der Waals surface area contributed by atoms with Crippen LogP contribution in [0.4, 0.5) is 25.1 Å². The Balaban J connectivity index is 1.27. The summed E-state index contributed by atoms with van der Waals surface area (Å²) in [6.07, 6.45) is 4.02. The Morgan fingerprint density at radius 2 is 1.73 bits per heavy atom. The third kappa shape index (κ3) is 8.74. The third-order valence-electron chi connectivity index (χ3n) is 6.89. The van der Waals surface area contributed by atoms with Crippen LogP contribution in [0.25, 0.3) is 22.4 Å². The smallest absolute Gasteiger partial charge is 0.408 e. The lowest BCUT2D eigenvalue weighted by Crippen LogP contribution is -2.42. The fourth-order valence-electron chi connectivity index (χ4n) is 4.64. The van der Waals surface area contributed by atoms with E-state index in [1.54, 1.807) is 57.4 Å². The summed E-state index contributed by atoms with van der Waals surface area (Å²) in [6, 6.07) is 11.9. The van der Waals surface area contributed by atoms with Crippen molar-refractivity contribution in [3.05, 3.63) is 84.3 Å². The van der Waals surface area contributed by atoms with Crippen molar-refractivity contribution in [1.29, 1.82) is 0 Å². The van der Waals surface area contributed by atoms with Crippen LogP contribution in [0.1, 0.15) is 33.3 Å². The Morgan fingerprint density at radius 1 is 1.02 bits per heavy atom. The van der Waals surface area contributed by atoms with Gasteiger partial charge in [0.15, 0.2) is 17.4 Å². The van der Waals surface area contributed by atoms with E-state index in [1.807, 2.05) is 12.1 Å². The topological polar surface area (TPSA) is 152 Å². The Morgan fingerprint density at radius 3 is 2.43 bits per heavy atom. The van der Waals surface area contributed by atoms with Gasteiger partial charge in [-0.3, -0.25) is 9.67 Å². The minimum absolute atomic E-state index is 0.0957. The van der Waals surface area contributed by atoms with Crippen LogP contribution in [0, 0.1) is 11.6 Å². The minimum Gasteiger partial charge on any atom is -0.491 e. The molecule has 0 aliphatic heterocycles. The quantitative estimate of drug-likeness (QED) is 0.122. The number of carbonyl (C=O) groups excluding carboxylic acids is 2. The number of nitrogens with zero attached hydrogens (tertiary/aromatic N) is 5. The van der Waals surface area contributed by atoms with Crippen molar-refractivity contribution in [1.82, 2.24) is 30.0 Å². The summed E-state index contributed by atoms with van der Waals surface area (Å²) in [4.78, 5) is 37.2. The zero-order chi connectivity index (χ0) is 35.1. The zero-order valence-electron chi connectivity index (χ0n) is 27.5. The first kappa shape index (κ1) is 34.5. The van der Waals surface area contributed by atoms with E-state index in [9.17, 15) is 9.59 Å². The molecule has 5 rings (SSSR count). The second kappa shape index (κ2) is 14.9. The number of ether oxygens (including phenoxy) is 4. The number of pyridine rings is 1. The fraction of sp³-hybridized carbons (Fsp3) is 0.294. The van der Waals surface area contributed by atoms with E-state index in [1.165, 1.54) is 24.9 Å². The number of carbonyl (C=O) groups is 2. The Labute approximate surface area is 280 Å². The van der Waals surface area contributed by atoms with Gasteiger partial charge in [0, 0.05) is 41.2 Å². The van der Waals surface area contributed by atoms with E-state index in [-0.39, 0.29) is 36.9 Å². The number of aromatic nitrogens is 5. The van der Waals surface area contributed by atoms with Gasteiger partial charge in [0.05, 0.1) is 25.4 Å². The van der Waals surface area contributed by atoms with E-state index in [2.05, 4.69) is 30.7 Å². The molecule has 3 aromatic heterocycles. The number of methoxy groups -OCH3 is 1. The average molecular weight is 676 g/mol. The summed E-state index contributed by atoms with van der Waals surface area (Å²) < 4.78 is 53.1. The molecule has 1 atom stereocenters. The van der Waals surface area contributed by atoms with Gasteiger partial charge in [-0.1, -0.05) is 18.2 Å². The monoisotopic (exact) mass is 675 g/mol. The molecule has 13 nitrogen and oxygen atoms in total. The number of anilines is 2. The lowest BCUT2D eigenvalue weighted by Gasteiger charge is -2.21. The SMILES string of the molecule is COc1cnc(-c2nn(Cc3c(F)cc(OCCOC(=O)C(C)NC(=O)OC(C)(C)C)cc3F)c3ccccc23)nc1Nc1ccncc1. The van der Waals surface area contributed by atoms with E-state index >= 15 is 8.78 Å². The molecule has 1 unspecified atom stereocenters. The van der Waals surface area contributed by atoms with Gasteiger partial charge in [0.1, 0.15) is 47.9 Å². The van der Waals surface area contributed by atoms with Crippen molar-refractivity contribution in [2.75, 3.05) is 25.6 Å². The number of halogens is 2. The largest absolute Gasteiger partial charge is 0.491 e. The molecule has 49 heavy (non-hydrogen) atoms. The van der Waals surface area contributed by atoms with Gasteiger partial charge in [0.25, 0.3) is 0 Å². The molecule has 3 heterocycles. The van der Waals surface area contributed by atoms with E-state index in [0.717, 1.165) is 17.8 Å². The molecule has 0 spiro atoms. The minimum atomic E-state index is -0.982. The number of hydrogen-bond acceptors (Lipinski definition) is 11. The van der Waals surface area contributed by atoms with Gasteiger partial charge < -0.3 is 29.6 Å². The molecule has 2 aromatic carbocycles. The predicted octanol–water partition coefficient (Wildman–Crippen LogP) is 5.80. The van der Waals surface area contributed by atoms with Gasteiger partial charge in [-0.15, -0.1) is 0 Å². The third-order valence-corrected chi connectivity index (χ3v) is 6.89. The van der Waals surface area contributed by atoms with E-state index in [0.29, 0.717) is 28.2 Å². The maximum absolute atomic E-state index is 15.3. The van der Waals surface area contributed by atoms with Crippen LogP contribution in [-0.4, -0.2) is 68.8 Å². The number of rotatable bonds is 12. The molecule has 256 valence electrons. The van der Waals surface area contributed by atoms with Gasteiger partial charge >= 0.3 is 12.1 Å². The van der Waals surface area contributed by atoms with E-state index < -0.39 is 35.3 Å². The summed E-state index contributed by atoms with van der Waals surface area (Å²) >= 11 is 0. The summed E-state index contributed by atoms with van der Waals surface area (Å²) in [5.74, 6) is -1.46. The molecule has 15 heteroatoms. The number of alkyl carbamates (subject to hydrolysis) is 1. The highest BCUT2D eigenvalue weighted by molar-refractivity contribution is 5.92. The average Bonchev–Trinajstić information content (AvgIpc) is 3.42. The van der Waals surface area contributed by atoms with Crippen LogP contribution in [0.2, 0.25) is 0 Å². The fourth-order valence-corrected chi connectivity index (χ4v) is 4.64. The molecular formula is C34H35F2N7O6. The van der Waals surface area contributed by atoms with Gasteiger partial charge in [0.2, 0.25) is 0 Å². The van der Waals surface area contributed by atoms with Crippen LogP contribution >= 0.6 is 0 Å². The maximum atomic E-state index is 15.3. The lowest BCUT2D eigenvalue weighted by molar-refractivity contribution is -0.146. The van der Waals surface area contributed by atoms with Crippen LogP contribution in [0.15, 0.2) is 67.1 Å². The first-order valence-corrected chi connectivity index (χ1v) is 15.2. The number of para-hydroxylation sites is 1. The highest BCUT2D eigenvalue weighted by atomic mass is 19.1. The highest BCUT2D eigenvalue weighted by Crippen LogP contribution is 2.31. The molecule has 0 saturated heterocycles. The molecule has 0 fully saturated rings. The molecule has 0 radical (unpaired) electrons. The molecule has 0 saturated carbocycles. The van der Waals surface area contributed by atoms with Gasteiger partial charge in [-0.25, -0.2) is 28.3 Å². The second-order valence-electron chi connectivity index (χ2n) is 11.7. The summed E-state index contributed by atoms with van der Waals surface area (Å²) in [6.45, 7) is 5.87. The molecule has 0 aliphatic carbocycles. The van der Waals surface area contributed by atoms with Gasteiger partial charge in [-0.05, 0) is 45.9 Å². The molecule has 5 aromatic rings. The molecular weight excluding hydrogens is 640 g/mol. The Kier molecular flexibility index (Phi) is 10.5. The highest BCUT2D eigenvalue weighted by Gasteiger charge is 2.23. The Bertz CT molecular complexity index is 1930. The van der Waals surface area contributed by atoms with Crippen molar-refractivity contribution in [2.45, 2.75) is 45.9 Å². The lowest BCUT2D eigenvalue weighted by atomic mass is 10.1. The van der Waals surface area contributed by atoms with Crippen LogP contribution in [0.3, 0.4) is 0 Å². The number of amides is 1. The molecule has 0 aliphatic rings. The molecule has 0 bridgehead atoms. The zero-order valence-corrected chi connectivity index (χ0v) is 27.5. The second-order valence-corrected chi connectivity index (χ2v) is 11.7. The van der Waals surface area contributed by atoms with Crippen LogP contribution < -0.4 is 20.1 Å². The van der Waals surface area contributed by atoms with Crippen molar-refractivity contribution in [3.63, 3.8) is 0 Å². The standard InChI is InChI=1S/C34H35F2N7O6/c1-20(39-33(45)49-34(2,3)4)32(44)48-15-14-47-22-16-25(35)24(26(36)17-22)19-43-27-9-7-6-8-23(27)29(42-43)31-38-18-28(46-5)30(41-31)40-21-10-12-37-13-11-21/h6-13,16-18,20H,14-15,19H2,1-5H3,(H,39,45)(H,37,38,40,41). The number of benzene rings is 2. The number of hydrogen-bond donors (Lipinski definition) is 2. The summed E-state index contributed by atoms with van der Waals surface area (Å²) in [5.41, 5.74) is 0.775. The number of esters is 1. The summed E-state index contributed by atoms with van der Waals surface area (Å²) in [7, 11) is 1.50. The van der Waals surface area contributed by atoms with Crippen molar-refractivity contribution >= 4 is 34.5 Å². The summed E-state index contributed by atoms with van der Waals surface area (Å²) in [5, 5.41) is 10.9. The van der Waals surface area contributed by atoms with Crippen LogP contribution in [0.5, 0.6) is 11.5 Å². The maximum Gasteiger partial charge on any atom is 0.408 e. The normalized spacial score (nSPS) is 11.9. The Hall–Kier alpha value is -5.86. The first-order chi connectivity index (χ1) is 23.4.